The van der Waals surface area contributed by atoms with Gasteiger partial charge in [-0.3, -0.25) is 0 Å². The van der Waals surface area contributed by atoms with Crippen LogP contribution in [-0.4, -0.2) is 13.1 Å². The second-order valence-corrected chi connectivity index (χ2v) is 4.78. The van der Waals surface area contributed by atoms with Gasteiger partial charge in [0.15, 0.2) is 0 Å². The van der Waals surface area contributed by atoms with E-state index < -0.39 is 0 Å². The lowest BCUT2D eigenvalue weighted by Gasteiger charge is -2.26. The Bertz CT molecular complexity index is 623. The van der Waals surface area contributed by atoms with Crippen molar-refractivity contribution >= 4 is 5.69 Å². The average Bonchev–Trinajstić information content (AvgIpc) is 2.57. The van der Waals surface area contributed by atoms with Gasteiger partial charge in [0.05, 0.1) is 24.5 Å². The number of benzene rings is 2. The number of hydrogen-bond donors (Lipinski definition) is 0. The highest BCUT2D eigenvalue weighted by molar-refractivity contribution is 5.47. The van der Waals surface area contributed by atoms with E-state index in [0.717, 1.165) is 11.3 Å². The van der Waals surface area contributed by atoms with Gasteiger partial charge in [-0.1, -0.05) is 48.5 Å². The van der Waals surface area contributed by atoms with Crippen LogP contribution in [0.4, 0.5) is 5.69 Å². The van der Waals surface area contributed by atoms with Crippen molar-refractivity contribution in [3.8, 4) is 12.1 Å². The molecular formula is C18H17N3. The normalized spacial score (nSPS) is 11.1. The molecule has 21 heavy (non-hydrogen) atoms. The van der Waals surface area contributed by atoms with Gasteiger partial charge in [0.25, 0.3) is 0 Å². The summed E-state index contributed by atoms with van der Waals surface area (Å²) in [7, 11) is 0. The van der Waals surface area contributed by atoms with Crippen LogP contribution < -0.4 is 4.90 Å². The molecule has 0 bridgehead atoms. The number of nitriles is 2. The van der Waals surface area contributed by atoms with Crippen molar-refractivity contribution in [1.29, 1.82) is 10.5 Å². The average molecular weight is 275 g/mol. The highest BCUT2D eigenvalue weighted by Crippen LogP contribution is 2.21. The van der Waals surface area contributed by atoms with E-state index in [-0.39, 0.29) is 5.92 Å². The Morgan fingerprint density at radius 1 is 0.905 bits per heavy atom. The van der Waals surface area contributed by atoms with E-state index in [0.29, 0.717) is 19.5 Å². The molecule has 0 saturated heterocycles. The monoisotopic (exact) mass is 275 g/mol. The van der Waals surface area contributed by atoms with Crippen molar-refractivity contribution in [2.45, 2.75) is 12.3 Å². The first-order valence-corrected chi connectivity index (χ1v) is 6.96. The minimum atomic E-state index is -0.204. The minimum Gasteiger partial charge on any atom is -0.369 e. The van der Waals surface area contributed by atoms with Gasteiger partial charge < -0.3 is 4.90 Å². The summed E-state index contributed by atoms with van der Waals surface area (Å²) in [5.74, 6) is -0.204. The Balaban J connectivity index is 2.18. The first kappa shape index (κ1) is 14.6. The van der Waals surface area contributed by atoms with Crippen LogP contribution in [0.25, 0.3) is 0 Å². The van der Waals surface area contributed by atoms with E-state index >= 15 is 0 Å². The van der Waals surface area contributed by atoms with Gasteiger partial charge in [0, 0.05) is 18.8 Å². The van der Waals surface area contributed by atoms with Gasteiger partial charge in [-0.2, -0.15) is 10.5 Å². The highest BCUT2D eigenvalue weighted by Gasteiger charge is 2.15. The number of anilines is 1. The molecule has 1 atom stereocenters. The van der Waals surface area contributed by atoms with Crippen LogP contribution >= 0.6 is 0 Å². The topological polar surface area (TPSA) is 50.8 Å². The summed E-state index contributed by atoms with van der Waals surface area (Å²) in [6, 6.07) is 24.3. The second kappa shape index (κ2) is 7.72. The smallest absolute Gasteiger partial charge is 0.0887 e. The van der Waals surface area contributed by atoms with E-state index in [9.17, 15) is 5.26 Å². The van der Waals surface area contributed by atoms with Crippen LogP contribution in [0.1, 0.15) is 17.9 Å². The zero-order valence-electron chi connectivity index (χ0n) is 11.8. The van der Waals surface area contributed by atoms with Gasteiger partial charge in [-0.05, 0) is 17.7 Å². The first-order chi connectivity index (χ1) is 10.3. The molecule has 2 aromatic rings. The molecule has 1 unspecified atom stereocenters. The van der Waals surface area contributed by atoms with Gasteiger partial charge in [-0.25, -0.2) is 0 Å². The lowest BCUT2D eigenvalue weighted by molar-refractivity contribution is 0.738. The molecule has 104 valence electrons. The summed E-state index contributed by atoms with van der Waals surface area (Å²) in [5.41, 5.74) is 2.06. The second-order valence-electron chi connectivity index (χ2n) is 4.78. The van der Waals surface area contributed by atoms with Crippen molar-refractivity contribution in [3.05, 3.63) is 66.2 Å². The van der Waals surface area contributed by atoms with E-state index in [2.05, 4.69) is 17.0 Å². The lowest BCUT2D eigenvalue weighted by Crippen LogP contribution is -2.29. The predicted octanol–water partition coefficient (Wildman–Crippen LogP) is 3.71. The summed E-state index contributed by atoms with van der Waals surface area (Å²) in [4.78, 5) is 2.10. The van der Waals surface area contributed by atoms with Gasteiger partial charge in [0.2, 0.25) is 0 Å². The Kier molecular flexibility index (Phi) is 5.38. The summed E-state index contributed by atoms with van der Waals surface area (Å²) in [6.07, 6.45) is 0.446. The molecule has 2 rings (SSSR count). The van der Waals surface area contributed by atoms with Crippen molar-refractivity contribution < 1.29 is 0 Å². The van der Waals surface area contributed by atoms with Gasteiger partial charge >= 0.3 is 0 Å². The summed E-state index contributed by atoms with van der Waals surface area (Å²) in [6.45, 7) is 1.22. The summed E-state index contributed by atoms with van der Waals surface area (Å²) < 4.78 is 0. The molecule has 0 aromatic heterocycles. The van der Waals surface area contributed by atoms with Gasteiger partial charge in [0.1, 0.15) is 0 Å². The molecule has 0 radical (unpaired) electrons. The summed E-state index contributed by atoms with van der Waals surface area (Å²) in [5, 5.41) is 18.3. The Morgan fingerprint density at radius 3 is 2.10 bits per heavy atom. The SMILES string of the molecule is N#CCCN(CC(C#N)c1ccccc1)c1ccccc1. The molecular weight excluding hydrogens is 258 g/mol. The maximum absolute atomic E-state index is 9.46. The largest absolute Gasteiger partial charge is 0.369 e. The standard InChI is InChI=1S/C18H17N3/c19-12-7-13-21(18-10-5-2-6-11-18)15-17(14-20)16-8-3-1-4-9-16/h1-6,8-11,17H,7,13,15H2. The maximum atomic E-state index is 9.46. The third-order valence-corrected chi connectivity index (χ3v) is 3.38. The predicted molar refractivity (Wildman–Crippen MR) is 83.7 cm³/mol. The molecule has 2 aromatic carbocycles. The Labute approximate surface area is 125 Å². The fourth-order valence-electron chi connectivity index (χ4n) is 2.28. The number of rotatable bonds is 6. The van der Waals surface area contributed by atoms with Crippen molar-refractivity contribution in [3.63, 3.8) is 0 Å². The van der Waals surface area contributed by atoms with Gasteiger partial charge in [-0.15, -0.1) is 0 Å². The van der Waals surface area contributed by atoms with Crippen molar-refractivity contribution in [1.82, 2.24) is 0 Å². The van der Waals surface area contributed by atoms with E-state index in [4.69, 9.17) is 5.26 Å². The van der Waals surface area contributed by atoms with Crippen molar-refractivity contribution in [2.75, 3.05) is 18.0 Å². The molecule has 0 amide bonds. The number of nitrogens with zero attached hydrogens (tertiary/aromatic N) is 3. The molecule has 0 saturated carbocycles. The quantitative estimate of drug-likeness (QED) is 0.807. The Morgan fingerprint density at radius 2 is 1.52 bits per heavy atom. The van der Waals surface area contributed by atoms with Crippen LogP contribution in [0.5, 0.6) is 0 Å². The lowest BCUT2D eigenvalue weighted by atomic mass is 10.00. The molecule has 0 aliphatic rings. The maximum Gasteiger partial charge on any atom is 0.0887 e. The molecule has 3 nitrogen and oxygen atoms in total. The summed E-state index contributed by atoms with van der Waals surface area (Å²) >= 11 is 0. The number of hydrogen-bond acceptors (Lipinski definition) is 3. The molecule has 0 aliphatic carbocycles. The molecule has 0 fully saturated rings. The zero-order chi connectivity index (χ0) is 14.9. The van der Waals surface area contributed by atoms with Crippen LogP contribution in [0, 0.1) is 22.7 Å². The Hall–Kier alpha value is -2.78. The minimum absolute atomic E-state index is 0.204. The van der Waals surface area contributed by atoms with Crippen molar-refractivity contribution in [2.24, 2.45) is 0 Å². The van der Waals surface area contributed by atoms with Crippen LogP contribution in [0.15, 0.2) is 60.7 Å². The van der Waals surface area contributed by atoms with E-state index in [1.807, 2.05) is 60.7 Å². The fraction of sp³-hybridized carbons (Fsp3) is 0.222. The van der Waals surface area contributed by atoms with E-state index in [1.165, 1.54) is 0 Å². The highest BCUT2D eigenvalue weighted by atomic mass is 15.1. The molecule has 0 spiro atoms. The molecule has 0 aliphatic heterocycles. The molecule has 0 heterocycles. The van der Waals surface area contributed by atoms with Crippen LogP contribution in [0.3, 0.4) is 0 Å². The third-order valence-electron chi connectivity index (χ3n) is 3.38. The molecule has 0 N–H and O–H groups in total. The van der Waals surface area contributed by atoms with Crippen LogP contribution in [-0.2, 0) is 0 Å². The van der Waals surface area contributed by atoms with Crippen LogP contribution in [0.2, 0.25) is 0 Å². The third kappa shape index (κ3) is 4.09. The zero-order valence-corrected chi connectivity index (χ0v) is 11.8. The number of para-hydroxylation sites is 1. The fourth-order valence-corrected chi connectivity index (χ4v) is 2.28. The van der Waals surface area contributed by atoms with E-state index in [1.54, 1.807) is 0 Å². The first-order valence-electron chi connectivity index (χ1n) is 6.96. The molecule has 3 heteroatoms.